The van der Waals surface area contributed by atoms with Crippen LogP contribution in [-0.2, 0) is 6.42 Å². The summed E-state index contributed by atoms with van der Waals surface area (Å²) in [4.78, 5) is 4.32. The summed E-state index contributed by atoms with van der Waals surface area (Å²) in [6, 6.07) is 8.27. The lowest BCUT2D eigenvalue weighted by molar-refractivity contribution is 0.510. The topological polar surface area (TPSA) is 56.7 Å². The van der Waals surface area contributed by atoms with E-state index in [2.05, 4.69) is 30.0 Å². The first-order valence-corrected chi connectivity index (χ1v) is 5.92. The SMILES string of the molecule is CC(C)n1nc(-c2ccccn2)cc1CCN. The molecule has 2 aromatic heterocycles. The summed E-state index contributed by atoms with van der Waals surface area (Å²) in [6.07, 6.45) is 2.63. The lowest BCUT2D eigenvalue weighted by Gasteiger charge is -2.09. The smallest absolute Gasteiger partial charge is 0.111 e. The van der Waals surface area contributed by atoms with E-state index in [-0.39, 0.29) is 0 Å². The normalized spacial score (nSPS) is 11.1. The molecule has 2 heterocycles. The van der Waals surface area contributed by atoms with Crippen molar-refractivity contribution in [2.45, 2.75) is 26.3 Å². The van der Waals surface area contributed by atoms with E-state index in [0.29, 0.717) is 12.6 Å². The number of hydrogen-bond donors (Lipinski definition) is 1. The van der Waals surface area contributed by atoms with Gasteiger partial charge in [-0.2, -0.15) is 5.10 Å². The van der Waals surface area contributed by atoms with Gasteiger partial charge in [-0.1, -0.05) is 6.07 Å². The Kier molecular flexibility index (Phi) is 3.54. The zero-order valence-corrected chi connectivity index (χ0v) is 10.3. The fraction of sp³-hybridized carbons (Fsp3) is 0.385. The molecule has 0 bridgehead atoms. The average Bonchev–Trinajstić information content (AvgIpc) is 2.75. The summed E-state index contributed by atoms with van der Waals surface area (Å²) in [5.41, 5.74) is 8.62. The van der Waals surface area contributed by atoms with E-state index >= 15 is 0 Å². The van der Waals surface area contributed by atoms with Crippen molar-refractivity contribution in [2.24, 2.45) is 5.73 Å². The van der Waals surface area contributed by atoms with Crippen LogP contribution in [0.25, 0.3) is 11.4 Å². The highest BCUT2D eigenvalue weighted by molar-refractivity contribution is 5.54. The zero-order chi connectivity index (χ0) is 12.3. The maximum absolute atomic E-state index is 5.62. The molecule has 4 heteroatoms. The molecule has 2 aromatic rings. The summed E-state index contributed by atoms with van der Waals surface area (Å²) in [5.74, 6) is 0. The van der Waals surface area contributed by atoms with Gasteiger partial charge in [-0.05, 0) is 38.6 Å². The molecular weight excluding hydrogens is 212 g/mol. The van der Waals surface area contributed by atoms with Crippen molar-refractivity contribution >= 4 is 0 Å². The van der Waals surface area contributed by atoms with Crippen molar-refractivity contribution in [1.82, 2.24) is 14.8 Å². The molecule has 2 N–H and O–H groups in total. The Bertz CT molecular complexity index is 473. The van der Waals surface area contributed by atoms with E-state index in [1.807, 2.05) is 22.9 Å². The molecule has 0 spiro atoms. The van der Waals surface area contributed by atoms with Crippen molar-refractivity contribution in [3.05, 3.63) is 36.2 Å². The Balaban J connectivity index is 2.40. The third-order valence-corrected chi connectivity index (χ3v) is 2.63. The first-order chi connectivity index (χ1) is 8.22. The number of hydrogen-bond acceptors (Lipinski definition) is 3. The Morgan fingerprint density at radius 1 is 1.29 bits per heavy atom. The number of nitrogens with zero attached hydrogens (tertiary/aromatic N) is 3. The molecule has 0 atom stereocenters. The molecule has 0 amide bonds. The van der Waals surface area contributed by atoms with Crippen LogP contribution in [0.2, 0.25) is 0 Å². The second-order valence-electron chi connectivity index (χ2n) is 4.31. The second kappa shape index (κ2) is 5.10. The summed E-state index contributed by atoms with van der Waals surface area (Å²) in [6.45, 7) is 4.88. The predicted molar refractivity (Wildman–Crippen MR) is 68.6 cm³/mol. The highest BCUT2D eigenvalue weighted by Crippen LogP contribution is 2.19. The van der Waals surface area contributed by atoms with E-state index in [9.17, 15) is 0 Å². The van der Waals surface area contributed by atoms with Crippen molar-refractivity contribution in [2.75, 3.05) is 6.54 Å². The Labute approximate surface area is 101 Å². The van der Waals surface area contributed by atoms with Gasteiger partial charge in [0, 0.05) is 24.4 Å². The molecule has 0 aromatic carbocycles. The van der Waals surface area contributed by atoms with Crippen LogP contribution in [0, 0.1) is 0 Å². The largest absolute Gasteiger partial charge is 0.330 e. The van der Waals surface area contributed by atoms with Gasteiger partial charge >= 0.3 is 0 Å². The molecule has 17 heavy (non-hydrogen) atoms. The van der Waals surface area contributed by atoms with Gasteiger partial charge < -0.3 is 5.73 Å². The van der Waals surface area contributed by atoms with Crippen molar-refractivity contribution in [1.29, 1.82) is 0 Å². The molecule has 0 aliphatic carbocycles. The van der Waals surface area contributed by atoms with Gasteiger partial charge in [-0.15, -0.1) is 0 Å². The van der Waals surface area contributed by atoms with Gasteiger partial charge in [0.15, 0.2) is 0 Å². The van der Waals surface area contributed by atoms with Crippen LogP contribution in [0.15, 0.2) is 30.5 Å². The Morgan fingerprint density at radius 2 is 2.12 bits per heavy atom. The zero-order valence-electron chi connectivity index (χ0n) is 10.3. The van der Waals surface area contributed by atoms with E-state index in [4.69, 9.17) is 5.73 Å². The highest BCUT2D eigenvalue weighted by atomic mass is 15.3. The fourth-order valence-electron chi connectivity index (χ4n) is 1.85. The van der Waals surface area contributed by atoms with Gasteiger partial charge in [-0.3, -0.25) is 9.67 Å². The number of aromatic nitrogens is 3. The molecular formula is C13H18N4. The third-order valence-electron chi connectivity index (χ3n) is 2.63. The second-order valence-corrected chi connectivity index (χ2v) is 4.31. The fourth-order valence-corrected chi connectivity index (χ4v) is 1.85. The lowest BCUT2D eigenvalue weighted by Crippen LogP contribution is -2.11. The molecule has 0 fully saturated rings. The monoisotopic (exact) mass is 230 g/mol. The number of pyridine rings is 1. The highest BCUT2D eigenvalue weighted by Gasteiger charge is 2.11. The molecule has 0 radical (unpaired) electrons. The molecule has 4 nitrogen and oxygen atoms in total. The maximum Gasteiger partial charge on any atom is 0.111 e. The van der Waals surface area contributed by atoms with Crippen LogP contribution in [0.4, 0.5) is 0 Å². The van der Waals surface area contributed by atoms with E-state index < -0.39 is 0 Å². The van der Waals surface area contributed by atoms with E-state index in [1.54, 1.807) is 6.20 Å². The van der Waals surface area contributed by atoms with Crippen LogP contribution in [-0.4, -0.2) is 21.3 Å². The molecule has 90 valence electrons. The van der Waals surface area contributed by atoms with Gasteiger partial charge in [0.2, 0.25) is 0 Å². The lowest BCUT2D eigenvalue weighted by atomic mass is 10.2. The van der Waals surface area contributed by atoms with Gasteiger partial charge in [0.05, 0.1) is 5.69 Å². The van der Waals surface area contributed by atoms with Crippen molar-refractivity contribution in [3.8, 4) is 11.4 Å². The summed E-state index contributed by atoms with van der Waals surface area (Å²) < 4.78 is 2.02. The minimum Gasteiger partial charge on any atom is -0.330 e. The molecule has 0 aliphatic heterocycles. The first kappa shape index (κ1) is 11.8. The van der Waals surface area contributed by atoms with E-state index in [0.717, 1.165) is 17.8 Å². The van der Waals surface area contributed by atoms with Crippen LogP contribution in [0.1, 0.15) is 25.6 Å². The molecule has 0 saturated heterocycles. The first-order valence-electron chi connectivity index (χ1n) is 5.92. The van der Waals surface area contributed by atoms with Crippen molar-refractivity contribution < 1.29 is 0 Å². The number of rotatable bonds is 4. The average molecular weight is 230 g/mol. The standard InChI is InChI=1S/C13H18N4/c1-10(2)17-11(6-7-14)9-13(16-17)12-5-3-4-8-15-12/h3-5,8-10H,6-7,14H2,1-2H3. The Hall–Kier alpha value is -1.68. The van der Waals surface area contributed by atoms with Crippen LogP contribution in [0.5, 0.6) is 0 Å². The summed E-state index contributed by atoms with van der Waals surface area (Å²) >= 11 is 0. The quantitative estimate of drug-likeness (QED) is 0.874. The minimum absolute atomic E-state index is 0.342. The molecule has 0 aliphatic rings. The summed E-state index contributed by atoms with van der Waals surface area (Å²) in [7, 11) is 0. The molecule has 0 saturated carbocycles. The van der Waals surface area contributed by atoms with Gasteiger partial charge in [0.1, 0.15) is 5.69 Å². The van der Waals surface area contributed by atoms with Crippen molar-refractivity contribution in [3.63, 3.8) is 0 Å². The predicted octanol–water partition coefficient (Wildman–Crippen LogP) is 2.03. The molecule has 0 unspecified atom stereocenters. The molecule has 2 rings (SSSR count). The van der Waals surface area contributed by atoms with E-state index in [1.165, 1.54) is 5.69 Å². The minimum atomic E-state index is 0.342. The maximum atomic E-state index is 5.62. The number of nitrogens with two attached hydrogens (primary N) is 1. The summed E-state index contributed by atoms with van der Waals surface area (Å²) in [5, 5.41) is 4.60. The van der Waals surface area contributed by atoms with Gasteiger partial charge in [-0.25, -0.2) is 0 Å². The van der Waals surface area contributed by atoms with Crippen LogP contribution >= 0.6 is 0 Å². The van der Waals surface area contributed by atoms with Crippen LogP contribution in [0.3, 0.4) is 0 Å². The third kappa shape index (κ3) is 2.53. The Morgan fingerprint density at radius 3 is 2.71 bits per heavy atom. The van der Waals surface area contributed by atoms with Crippen LogP contribution < -0.4 is 5.73 Å². The van der Waals surface area contributed by atoms with Gasteiger partial charge in [0.25, 0.3) is 0 Å².